The van der Waals surface area contributed by atoms with Crippen LogP contribution in [-0.2, 0) is 6.54 Å². The molecule has 2 aromatic carbocycles. The predicted molar refractivity (Wildman–Crippen MR) is 95.9 cm³/mol. The van der Waals surface area contributed by atoms with E-state index in [0.717, 1.165) is 9.95 Å². The molecule has 0 fully saturated rings. The summed E-state index contributed by atoms with van der Waals surface area (Å²) in [6.45, 7) is -2.91. The summed E-state index contributed by atoms with van der Waals surface area (Å²) in [6.07, 6.45) is 1.34. The van der Waals surface area contributed by atoms with Crippen LogP contribution in [0.2, 0.25) is 0 Å². The van der Waals surface area contributed by atoms with E-state index in [0.29, 0.717) is 22.1 Å². The lowest BCUT2D eigenvalue weighted by molar-refractivity contribution is 0.0711. The van der Waals surface area contributed by atoms with Crippen LogP contribution in [0.25, 0.3) is 33.1 Å². The van der Waals surface area contributed by atoms with Gasteiger partial charge in [-0.05, 0) is 24.3 Å². The highest BCUT2D eigenvalue weighted by Gasteiger charge is 2.19. The number of rotatable bonds is 3. The summed E-state index contributed by atoms with van der Waals surface area (Å²) >= 11 is 0. The smallest absolute Gasteiger partial charge is 0.320 e. The largest absolute Gasteiger partial charge is 0.448 e. The first-order valence-electron chi connectivity index (χ1n) is 8.24. The third-order valence-electron chi connectivity index (χ3n) is 4.53. The second-order valence-corrected chi connectivity index (χ2v) is 6.12. The van der Waals surface area contributed by atoms with Crippen molar-refractivity contribution in [3.8, 4) is 0 Å². The normalized spacial score (nSPS) is 12.0. The van der Waals surface area contributed by atoms with Gasteiger partial charge in [-0.25, -0.2) is 9.97 Å². The van der Waals surface area contributed by atoms with Gasteiger partial charge in [0.05, 0.1) is 23.9 Å². The van der Waals surface area contributed by atoms with Crippen LogP contribution in [0.15, 0.2) is 64.1 Å². The zero-order chi connectivity index (χ0) is 18.5. The van der Waals surface area contributed by atoms with Crippen molar-refractivity contribution in [1.82, 2.24) is 19.1 Å². The average Bonchev–Trinajstić information content (AvgIpc) is 3.22. The molecule has 6 nitrogen and oxygen atoms in total. The molecule has 8 heteroatoms. The van der Waals surface area contributed by atoms with E-state index >= 15 is 0 Å². The minimum Gasteiger partial charge on any atom is -0.448 e. The van der Waals surface area contributed by atoms with Crippen molar-refractivity contribution in [2.24, 2.45) is 0 Å². The van der Waals surface area contributed by atoms with Gasteiger partial charge < -0.3 is 4.42 Å². The first kappa shape index (κ1) is 15.7. The van der Waals surface area contributed by atoms with Crippen LogP contribution in [0.4, 0.5) is 8.78 Å². The van der Waals surface area contributed by atoms with Crippen molar-refractivity contribution in [1.29, 1.82) is 0 Å². The van der Waals surface area contributed by atoms with E-state index in [1.807, 2.05) is 12.1 Å². The van der Waals surface area contributed by atoms with Crippen LogP contribution in [0.1, 0.15) is 12.4 Å². The lowest BCUT2D eigenvalue weighted by Crippen LogP contribution is -2.22. The maximum absolute atomic E-state index is 13.6. The SMILES string of the molecule is O=c1c2oc3ccccc3c2ncn1Cc1nc2ccccc2n1C(F)F. The molecule has 0 saturated carbocycles. The Balaban J connectivity index is 1.68. The Bertz CT molecular complexity index is 1370. The number of aromatic nitrogens is 4. The van der Waals surface area contributed by atoms with Crippen LogP contribution in [0, 0.1) is 0 Å². The molecular weight excluding hydrogens is 354 g/mol. The van der Waals surface area contributed by atoms with Gasteiger partial charge in [-0.15, -0.1) is 0 Å². The van der Waals surface area contributed by atoms with Gasteiger partial charge in [-0.2, -0.15) is 8.78 Å². The lowest BCUT2D eigenvalue weighted by atomic mass is 10.2. The summed E-state index contributed by atoms with van der Waals surface area (Å²) in [5.41, 5.74) is 1.42. The number of fused-ring (bicyclic) bond motifs is 4. The van der Waals surface area contributed by atoms with E-state index in [4.69, 9.17) is 4.42 Å². The molecule has 0 unspecified atom stereocenters. The summed E-state index contributed by atoms with van der Waals surface area (Å²) in [5, 5.41) is 0.733. The minimum atomic E-state index is -2.77. The molecule has 3 heterocycles. The highest BCUT2D eigenvalue weighted by atomic mass is 19.3. The molecule has 0 aliphatic heterocycles. The van der Waals surface area contributed by atoms with E-state index in [2.05, 4.69) is 9.97 Å². The fourth-order valence-electron chi connectivity index (χ4n) is 3.30. The summed E-state index contributed by atoms with van der Waals surface area (Å²) in [4.78, 5) is 21.4. The van der Waals surface area contributed by atoms with Crippen molar-refractivity contribution in [2.45, 2.75) is 13.1 Å². The Morgan fingerprint density at radius 3 is 2.70 bits per heavy atom. The first-order chi connectivity index (χ1) is 13.1. The number of hydrogen-bond donors (Lipinski definition) is 0. The zero-order valence-electron chi connectivity index (χ0n) is 13.8. The monoisotopic (exact) mass is 366 g/mol. The van der Waals surface area contributed by atoms with Crippen molar-refractivity contribution < 1.29 is 13.2 Å². The standard InChI is InChI=1S/C19H12F2N4O2/c20-19(21)25-13-7-3-2-6-12(13)23-15(25)9-24-10-22-16-11-5-1-4-8-14(11)27-17(16)18(24)26/h1-8,10,19H,9H2. The van der Waals surface area contributed by atoms with Crippen molar-refractivity contribution >= 4 is 33.1 Å². The van der Waals surface area contributed by atoms with E-state index in [1.165, 1.54) is 10.9 Å². The molecule has 0 amide bonds. The highest BCUT2D eigenvalue weighted by molar-refractivity contribution is 6.01. The Hall–Kier alpha value is -3.55. The van der Waals surface area contributed by atoms with Gasteiger partial charge >= 0.3 is 6.55 Å². The number of benzene rings is 2. The van der Waals surface area contributed by atoms with Crippen molar-refractivity contribution in [3.05, 3.63) is 71.0 Å². The highest BCUT2D eigenvalue weighted by Crippen LogP contribution is 2.25. The molecule has 0 saturated heterocycles. The van der Waals surface area contributed by atoms with Gasteiger partial charge in [0.25, 0.3) is 5.56 Å². The van der Waals surface area contributed by atoms with Gasteiger partial charge in [0.15, 0.2) is 0 Å². The average molecular weight is 366 g/mol. The van der Waals surface area contributed by atoms with Crippen LogP contribution < -0.4 is 5.56 Å². The maximum atomic E-state index is 13.6. The zero-order valence-corrected chi connectivity index (χ0v) is 13.8. The number of alkyl halides is 2. The molecule has 5 aromatic rings. The molecule has 5 rings (SSSR count). The third kappa shape index (κ3) is 2.33. The van der Waals surface area contributed by atoms with Gasteiger partial charge in [0.2, 0.25) is 5.58 Å². The van der Waals surface area contributed by atoms with Crippen LogP contribution in [0.5, 0.6) is 0 Å². The molecular formula is C19H12F2N4O2. The lowest BCUT2D eigenvalue weighted by Gasteiger charge is -2.09. The second-order valence-electron chi connectivity index (χ2n) is 6.12. The van der Waals surface area contributed by atoms with Crippen molar-refractivity contribution in [3.63, 3.8) is 0 Å². The number of furan rings is 1. The predicted octanol–water partition coefficient (Wildman–Crippen LogP) is 3.94. The molecule has 0 atom stereocenters. The summed E-state index contributed by atoms with van der Waals surface area (Å²) < 4.78 is 34.9. The number of nitrogens with zero attached hydrogens (tertiary/aromatic N) is 4. The Kier molecular flexibility index (Phi) is 3.33. The fourth-order valence-corrected chi connectivity index (χ4v) is 3.30. The summed E-state index contributed by atoms with van der Waals surface area (Å²) in [6, 6.07) is 13.8. The van der Waals surface area contributed by atoms with Gasteiger partial charge in [-0.1, -0.05) is 24.3 Å². The van der Waals surface area contributed by atoms with Gasteiger partial charge in [0, 0.05) is 5.39 Å². The van der Waals surface area contributed by atoms with Crippen molar-refractivity contribution in [2.75, 3.05) is 0 Å². The Morgan fingerprint density at radius 1 is 1.07 bits per heavy atom. The van der Waals surface area contributed by atoms with Crippen LogP contribution in [-0.4, -0.2) is 19.1 Å². The fraction of sp³-hybridized carbons (Fsp3) is 0.105. The molecule has 0 bridgehead atoms. The van der Waals surface area contributed by atoms with E-state index in [-0.39, 0.29) is 18.0 Å². The molecule has 0 radical (unpaired) electrons. The topological polar surface area (TPSA) is 65.8 Å². The quantitative estimate of drug-likeness (QED) is 0.485. The number of para-hydroxylation sites is 3. The van der Waals surface area contributed by atoms with Gasteiger partial charge in [0.1, 0.15) is 16.9 Å². The molecule has 134 valence electrons. The second kappa shape index (κ2) is 5.73. The molecule has 0 aliphatic carbocycles. The third-order valence-corrected chi connectivity index (χ3v) is 4.53. The molecule has 27 heavy (non-hydrogen) atoms. The minimum absolute atomic E-state index is 0.0746. The van der Waals surface area contributed by atoms with E-state index < -0.39 is 12.1 Å². The number of hydrogen-bond acceptors (Lipinski definition) is 4. The Labute approximate surface area is 150 Å². The maximum Gasteiger partial charge on any atom is 0.320 e. The summed E-state index contributed by atoms with van der Waals surface area (Å²) in [5.74, 6) is 0.0746. The van der Waals surface area contributed by atoms with Crippen LogP contribution >= 0.6 is 0 Å². The Morgan fingerprint density at radius 2 is 1.85 bits per heavy atom. The first-order valence-corrected chi connectivity index (χ1v) is 8.24. The summed E-state index contributed by atoms with van der Waals surface area (Å²) in [7, 11) is 0. The molecule has 0 N–H and O–H groups in total. The van der Waals surface area contributed by atoms with E-state index in [9.17, 15) is 13.6 Å². The van der Waals surface area contributed by atoms with E-state index in [1.54, 1.807) is 36.4 Å². The van der Waals surface area contributed by atoms with Crippen LogP contribution in [0.3, 0.4) is 0 Å². The van der Waals surface area contributed by atoms with Gasteiger partial charge in [-0.3, -0.25) is 13.9 Å². The molecule has 0 aliphatic rings. The molecule has 0 spiro atoms. The number of halogens is 2. The molecule has 3 aromatic heterocycles. The number of imidazole rings is 1.